The molecule has 0 N–H and O–H groups in total. The van der Waals surface area contributed by atoms with Crippen LogP contribution in [0.5, 0.6) is 0 Å². The summed E-state index contributed by atoms with van der Waals surface area (Å²) in [5, 5.41) is 11.7. The Labute approximate surface area is 345 Å². The Morgan fingerprint density at radius 3 is 0.596 bits per heavy atom. The van der Waals surface area contributed by atoms with Crippen LogP contribution in [0.4, 0.5) is 0 Å². The van der Waals surface area contributed by atoms with Crippen molar-refractivity contribution < 1.29 is 0 Å². The first-order chi connectivity index (χ1) is 28.3. The van der Waals surface area contributed by atoms with Gasteiger partial charge in [-0.2, -0.15) is 0 Å². The number of hydrogen-bond donors (Lipinski definition) is 0. The largest absolute Gasteiger partial charge is 0.0622 e. The molecule has 0 aliphatic heterocycles. The van der Waals surface area contributed by atoms with Crippen molar-refractivity contribution in [2.45, 2.75) is 17.7 Å². The summed E-state index contributed by atoms with van der Waals surface area (Å²) in [6.45, 7) is 0. The summed E-state index contributed by atoms with van der Waals surface area (Å²) < 4.78 is 0. The van der Waals surface area contributed by atoms with Crippen LogP contribution in [0.3, 0.4) is 0 Å². The van der Waals surface area contributed by atoms with Crippen LogP contribution in [0.1, 0.15) is 6.42 Å². The zero-order valence-electron chi connectivity index (χ0n) is 32.2. The van der Waals surface area contributed by atoms with Gasteiger partial charge in [-0.25, -0.2) is 0 Å². The maximum atomic E-state index is 2.41. The van der Waals surface area contributed by atoms with Gasteiger partial charge in [0.2, 0.25) is 0 Å². The average Bonchev–Trinajstić information content (AvgIpc) is 3.30. The van der Waals surface area contributed by atoms with E-state index in [2.05, 4.69) is 243 Å². The van der Waals surface area contributed by atoms with Crippen molar-refractivity contribution in [2.75, 3.05) is 12.3 Å². The quantitative estimate of drug-likeness (QED) is 0.0853. The van der Waals surface area contributed by atoms with E-state index in [-0.39, 0.29) is 0 Å². The molecule has 2 atom stereocenters. The Morgan fingerprint density at radius 1 is 0.228 bits per heavy atom. The van der Waals surface area contributed by atoms with E-state index in [1.807, 2.05) is 0 Å². The van der Waals surface area contributed by atoms with Crippen LogP contribution in [-0.2, 0) is 0 Å². The highest BCUT2D eigenvalue weighted by molar-refractivity contribution is 7.78. The van der Waals surface area contributed by atoms with Gasteiger partial charge >= 0.3 is 0 Å². The molecule has 0 spiro atoms. The summed E-state index contributed by atoms with van der Waals surface area (Å²) in [6, 6.07) is 91.6. The fraction of sp³-hybridized carbons (Fsp3) is 0.0943. The highest BCUT2D eigenvalue weighted by Crippen LogP contribution is 2.54. The minimum Gasteiger partial charge on any atom is -0.0622 e. The van der Waals surface area contributed by atoms with E-state index >= 15 is 0 Å². The van der Waals surface area contributed by atoms with E-state index in [0.717, 1.165) is 18.7 Å². The predicted molar refractivity (Wildman–Crippen MR) is 258 cm³/mol. The second-order valence-corrected chi connectivity index (χ2v) is 23.7. The maximum Gasteiger partial charge on any atom is -0.00771 e. The summed E-state index contributed by atoms with van der Waals surface area (Å²) in [4.78, 5) is 0. The van der Waals surface area contributed by atoms with Crippen molar-refractivity contribution >= 4 is 74.1 Å². The molecule has 0 aliphatic carbocycles. The average molecular weight is 809 g/mol. The van der Waals surface area contributed by atoms with Crippen LogP contribution in [-0.4, -0.2) is 23.6 Å². The fourth-order valence-electron chi connectivity index (χ4n) is 7.91. The molecule has 0 amide bonds. The van der Waals surface area contributed by atoms with Gasteiger partial charge in [0.1, 0.15) is 0 Å². The van der Waals surface area contributed by atoms with Crippen molar-refractivity contribution in [1.82, 2.24) is 0 Å². The van der Waals surface area contributed by atoms with Crippen LogP contribution >= 0.6 is 31.7 Å². The lowest BCUT2D eigenvalue weighted by atomic mass is 10.2. The number of hydrogen-bond acceptors (Lipinski definition) is 0. The van der Waals surface area contributed by atoms with Crippen molar-refractivity contribution in [3.63, 3.8) is 0 Å². The maximum absolute atomic E-state index is 2.41. The Bertz CT molecular complexity index is 2000. The molecule has 0 radical (unpaired) electrons. The van der Waals surface area contributed by atoms with Crippen LogP contribution in [0.15, 0.2) is 243 Å². The molecule has 0 aliphatic rings. The third-order valence-electron chi connectivity index (χ3n) is 10.5. The SMILES string of the molecule is c1ccc(P(CC(CC(CP(c2ccccc2)c2ccccc2)P(c2ccccc2)c2ccccc2)P(c2ccccc2)c2ccccc2)c2ccccc2)cc1. The van der Waals surface area contributed by atoms with Gasteiger partial charge in [0.25, 0.3) is 0 Å². The van der Waals surface area contributed by atoms with E-state index in [9.17, 15) is 0 Å². The molecule has 8 rings (SSSR count). The Hall–Kier alpha value is -4.52. The normalized spacial score (nSPS) is 12.6. The van der Waals surface area contributed by atoms with Gasteiger partial charge < -0.3 is 0 Å². The lowest BCUT2D eigenvalue weighted by molar-refractivity contribution is 0.803. The molecule has 8 aromatic carbocycles. The van der Waals surface area contributed by atoms with Gasteiger partial charge in [0, 0.05) is 0 Å². The van der Waals surface area contributed by atoms with Crippen molar-refractivity contribution in [1.29, 1.82) is 0 Å². The molecule has 0 fully saturated rings. The van der Waals surface area contributed by atoms with Crippen LogP contribution < -0.4 is 42.4 Å². The Balaban J connectivity index is 1.34. The summed E-state index contributed by atoms with van der Waals surface area (Å²) >= 11 is 0. The van der Waals surface area contributed by atoms with E-state index in [1.54, 1.807) is 0 Å². The van der Waals surface area contributed by atoms with Crippen LogP contribution in [0.2, 0.25) is 0 Å². The van der Waals surface area contributed by atoms with Crippen LogP contribution in [0.25, 0.3) is 0 Å². The molecule has 4 heteroatoms. The van der Waals surface area contributed by atoms with Crippen molar-refractivity contribution in [3.05, 3.63) is 243 Å². The van der Waals surface area contributed by atoms with Gasteiger partial charge in [0.05, 0.1) is 0 Å². The standard InChI is InChI=1S/C53H48P4/c1-9-25-44(26-10-1)54(45-27-11-2-12-28-45)42-52(56(48-33-17-5-18-34-48)49-35-19-6-20-36-49)41-53(57(50-37-21-7-22-38-50)51-39-23-8-24-40-51)43-55(46-29-13-3-14-30-46)47-31-15-4-16-32-47/h1-40,52-53H,41-43H2. The van der Waals surface area contributed by atoms with E-state index < -0.39 is 31.7 Å². The second-order valence-electron chi connectivity index (χ2n) is 14.2. The van der Waals surface area contributed by atoms with Gasteiger partial charge in [-0.1, -0.05) is 243 Å². The van der Waals surface area contributed by atoms with Crippen molar-refractivity contribution in [3.8, 4) is 0 Å². The first-order valence-electron chi connectivity index (χ1n) is 19.9. The molecule has 0 heterocycles. The molecule has 0 aromatic heterocycles. The third-order valence-corrected chi connectivity index (χ3v) is 22.0. The molecule has 0 bridgehead atoms. The molecule has 2 unspecified atom stereocenters. The zero-order chi connectivity index (χ0) is 38.5. The molecule has 8 aromatic rings. The van der Waals surface area contributed by atoms with Gasteiger partial charge in [-0.05, 0) is 104 Å². The Morgan fingerprint density at radius 2 is 0.404 bits per heavy atom. The smallest absolute Gasteiger partial charge is 0.00771 e. The first kappa shape index (κ1) is 39.3. The zero-order valence-corrected chi connectivity index (χ0v) is 35.7. The highest BCUT2D eigenvalue weighted by atomic mass is 31.1. The third kappa shape index (κ3) is 10.1. The topological polar surface area (TPSA) is 0 Å². The molecule has 280 valence electrons. The van der Waals surface area contributed by atoms with Crippen molar-refractivity contribution in [2.24, 2.45) is 0 Å². The lowest BCUT2D eigenvalue weighted by Crippen LogP contribution is -2.34. The fourth-order valence-corrected chi connectivity index (χ4v) is 20.3. The lowest BCUT2D eigenvalue weighted by Gasteiger charge is -2.39. The highest BCUT2D eigenvalue weighted by Gasteiger charge is 2.36. The summed E-state index contributed by atoms with van der Waals surface area (Å²) in [5.41, 5.74) is 0.837. The molecule has 0 saturated carbocycles. The number of rotatable bonds is 16. The van der Waals surface area contributed by atoms with Gasteiger partial charge in [-0.3, -0.25) is 0 Å². The summed E-state index contributed by atoms with van der Waals surface area (Å²) in [6.07, 6.45) is 3.37. The van der Waals surface area contributed by atoms with E-state index in [4.69, 9.17) is 0 Å². The minimum atomic E-state index is -0.722. The van der Waals surface area contributed by atoms with Gasteiger partial charge in [0.15, 0.2) is 0 Å². The minimum absolute atomic E-state index is 0.419. The molecule has 0 nitrogen and oxygen atoms in total. The van der Waals surface area contributed by atoms with Crippen LogP contribution in [0, 0.1) is 0 Å². The second kappa shape index (κ2) is 20.3. The predicted octanol–water partition coefficient (Wildman–Crippen LogP) is 10.6. The molecule has 0 saturated heterocycles. The van der Waals surface area contributed by atoms with E-state index in [0.29, 0.717) is 11.3 Å². The molecule has 57 heavy (non-hydrogen) atoms. The summed E-state index contributed by atoms with van der Waals surface area (Å²) in [5.74, 6) is 0. The monoisotopic (exact) mass is 808 g/mol. The molecular formula is C53H48P4. The molecular weight excluding hydrogens is 760 g/mol. The summed E-state index contributed by atoms with van der Waals surface area (Å²) in [7, 11) is -2.73. The number of benzene rings is 8. The Kier molecular flexibility index (Phi) is 14.0. The van der Waals surface area contributed by atoms with Gasteiger partial charge in [-0.15, -0.1) is 0 Å². The first-order valence-corrected chi connectivity index (χ1v) is 25.7. The van der Waals surface area contributed by atoms with E-state index in [1.165, 1.54) is 42.4 Å².